The molecule has 2 aliphatic rings. The highest BCUT2D eigenvalue weighted by Gasteiger charge is 2.42. The Balaban J connectivity index is 1.90. The van der Waals surface area contributed by atoms with Crippen LogP contribution >= 0.6 is 0 Å². The van der Waals surface area contributed by atoms with Crippen LogP contribution in [0, 0.1) is 10.1 Å². The third kappa shape index (κ3) is 4.09. The van der Waals surface area contributed by atoms with E-state index in [1.54, 1.807) is 38.3 Å². The molecule has 2 aromatic rings. The van der Waals surface area contributed by atoms with Gasteiger partial charge in [-0.2, -0.15) is 0 Å². The van der Waals surface area contributed by atoms with Crippen molar-refractivity contribution in [2.45, 2.75) is 38.5 Å². The molecule has 0 spiro atoms. The number of Topliss-reactive ketones (excluding diaryl/α,β-unsaturated/α-hetero) is 1. The smallest absolute Gasteiger partial charge is 0.297 e. The van der Waals surface area contributed by atoms with E-state index < -0.39 is 10.8 Å². The van der Waals surface area contributed by atoms with E-state index in [1.165, 1.54) is 24.1 Å². The first-order chi connectivity index (χ1) is 16.4. The van der Waals surface area contributed by atoms with Crippen molar-refractivity contribution in [1.82, 2.24) is 0 Å². The predicted molar refractivity (Wildman–Crippen MR) is 125 cm³/mol. The minimum Gasteiger partial charge on any atom is -0.497 e. The molecule has 34 heavy (non-hydrogen) atoms. The number of benzene rings is 2. The van der Waals surface area contributed by atoms with E-state index in [0.717, 1.165) is 0 Å². The average Bonchev–Trinajstić information content (AvgIpc) is 2.83. The standard InChI is InChI=1S/C25H26N2O7/c1-4-34-16-8-10-19(21(13-16)27(30)31)26-20-6-5-7-22(28)25(20)18(14-24(26)29)17-12-15(32-2)9-11-23(17)33-3/h8-13,18H,4-7,14H2,1-3H3. The first kappa shape index (κ1) is 23.3. The number of nitrogens with zero attached hydrogens (tertiary/aromatic N) is 2. The van der Waals surface area contributed by atoms with E-state index in [9.17, 15) is 19.7 Å². The van der Waals surface area contributed by atoms with E-state index in [2.05, 4.69) is 0 Å². The SMILES string of the molecule is CCOc1ccc(N2C(=O)CC(c3cc(OC)ccc3OC)C3=C2CCCC3=O)c([N+](=O)[O-])c1. The van der Waals surface area contributed by atoms with Gasteiger partial charge in [0.2, 0.25) is 5.91 Å². The lowest BCUT2D eigenvalue weighted by Gasteiger charge is -2.38. The van der Waals surface area contributed by atoms with Crippen molar-refractivity contribution in [2.24, 2.45) is 0 Å². The number of nitro benzene ring substituents is 1. The lowest BCUT2D eigenvalue weighted by Crippen LogP contribution is -2.41. The third-order valence-electron chi connectivity index (χ3n) is 6.18. The molecule has 0 radical (unpaired) electrons. The Morgan fingerprint density at radius 3 is 2.50 bits per heavy atom. The van der Waals surface area contributed by atoms with Gasteiger partial charge in [0, 0.05) is 35.6 Å². The molecule has 1 aliphatic carbocycles. The van der Waals surface area contributed by atoms with Crippen molar-refractivity contribution in [3.8, 4) is 17.2 Å². The van der Waals surface area contributed by atoms with E-state index in [4.69, 9.17) is 14.2 Å². The van der Waals surface area contributed by atoms with Gasteiger partial charge in [-0.25, -0.2) is 0 Å². The second kappa shape index (κ2) is 9.54. The minimum absolute atomic E-state index is 0.0293. The molecule has 1 unspecified atom stereocenters. The Labute approximate surface area is 197 Å². The minimum atomic E-state index is -0.535. The molecule has 0 N–H and O–H groups in total. The summed E-state index contributed by atoms with van der Waals surface area (Å²) < 4.78 is 16.3. The van der Waals surface area contributed by atoms with Crippen LogP contribution in [0.15, 0.2) is 47.7 Å². The Bertz CT molecular complexity index is 1190. The second-order valence-corrected chi connectivity index (χ2v) is 8.07. The molecule has 0 aromatic heterocycles. The highest BCUT2D eigenvalue weighted by Crippen LogP contribution is 2.48. The summed E-state index contributed by atoms with van der Waals surface area (Å²) in [5.74, 6) is 0.550. The van der Waals surface area contributed by atoms with Crippen LogP contribution in [0.2, 0.25) is 0 Å². The molecule has 178 valence electrons. The van der Waals surface area contributed by atoms with E-state index in [0.29, 0.717) is 60.0 Å². The summed E-state index contributed by atoms with van der Waals surface area (Å²) in [6.07, 6.45) is 1.35. The van der Waals surface area contributed by atoms with E-state index in [1.807, 2.05) is 0 Å². The second-order valence-electron chi connectivity index (χ2n) is 8.07. The lowest BCUT2D eigenvalue weighted by atomic mass is 9.76. The molecule has 9 nitrogen and oxygen atoms in total. The van der Waals surface area contributed by atoms with Gasteiger partial charge in [0.05, 0.1) is 31.8 Å². The summed E-state index contributed by atoms with van der Waals surface area (Å²) in [6.45, 7) is 2.14. The quantitative estimate of drug-likeness (QED) is 0.435. The normalized spacial score (nSPS) is 18.0. The van der Waals surface area contributed by atoms with Crippen LogP contribution in [0.4, 0.5) is 11.4 Å². The zero-order chi connectivity index (χ0) is 24.4. The monoisotopic (exact) mass is 466 g/mol. The highest BCUT2D eigenvalue weighted by molar-refractivity contribution is 6.08. The Hall–Kier alpha value is -3.88. The fourth-order valence-electron chi connectivity index (χ4n) is 4.74. The first-order valence-corrected chi connectivity index (χ1v) is 11.1. The molecule has 0 saturated heterocycles. The lowest BCUT2D eigenvalue weighted by molar-refractivity contribution is -0.384. The Kier molecular flexibility index (Phi) is 6.54. The molecule has 0 bridgehead atoms. The van der Waals surface area contributed by atoms with Crippen molar-refractivity contribution in [1.29, 1.82) is 0 Å². The van der Waals surface area contributed by atoms with Gasteiger partial charge >= 0.3 is 0 Å². The maximum absolute atomic E-state index is 13.5. The number of carbonyl (C=O) groups excluding carboxylic acids is 2. The largest absolute Gasteiger partial charge is 0.497 e. The van der Waals surface area contributed by atoms with Crippen molar-refractivity contribution < 1.29 is 28.7 Å². The molecule has 9 heteroatoms. The van der Waals surface area contributed by atoms with Crippen LogP contribution in [0.5, 0.6) is 17.2 Å². The number of ketones is 1. The molecule has 1 amide bonds. The number of carbonyl (C=O) groups is 2. The van der Waals surface area contributed by atoms with Crippen LogP contribution < -0.4 is 19.1 Å². The molecule has 1 atom stereocenters. The topological polar surface area (TPSA) is 108 Å². The first-order valence-electron chi connectivity index (χ1n) is 11.1. The maximum atomic E-state index is 13.5. The number of allylic oxidation sites excluding steroid dienone is 2. The summed E-state index contributed by atoms with van der Waals surface area (Å²) >= 11 is 0. The molecule has 2 aromatic carbocycles. The molecule has 0 fully saturated rings. The van der Waals surface area contributed by atoms with Gasteiger partial charge in [0.1, 0.15) is 22.9 Å². The average molecular weight is 466 g/mol. The summed E-state index contributed by atoms with van der Waals surface area (Å²) in [5, 5.41) is 11.9. The van der Waals surface area contributed by atoms with E-state index >= 15 is 0 Å². The van der Waals surface area contributed by atoms with Crippen molar-refractivity contribution in [3.05, 3.63) is 63.3 Å². The summed E-state index contributed by atoms with van der Waals surface area (Å²) in [4.78, 5) is 39.4. The summed E-state index contributed by atoms with van der Waals surface area (Å²) in [6, 6.07) is 9.70. The van der Waals surface area contributed by atoms with Crippen LogP contribution in [0.1, 0.15) is 44.1 Å². The highest BCUT2D eigenvalue weighted by atomic mass is 16.6. The summed E-state index contributed by atoms with van der Waals surface area (Å²) in [7, 11) is 3.07. The van der Waals surface area contributed by atoms with Crippen LogP contribution in [-0.2, 0) is 9.59 Å². The number of anilines is 1. The molecule has 4 rings (SSSR count). The van der Waals surface area contributed by atoms with Crippen LogP contribution in [0.3, 0.4) is 0 Å². The van der Waals surface area contributed by atoms with Gasteiger partial charge in [-0.05, 0) is 50.1 Å². The van der Waals surface area contributed by atoms with Crippen LogP contribution in [-0.4, -0.2) is 37.4 Å². The molecule has 1 aliphatic heterocycles. The van der Waals surface area contributed by atoms with Gasteiger partial charge in [-0.15, -0.1) is 0 Å². The zero-order valence-electron chi connectivity index (χ0n) is 19.3. The number of amides is 1. The van der Waals surface area contributed by atoms with E-state index in [-0.39, 0.29) is 29.5 Å². The number of hydrogen-bond donors (Lipinski definition) is 0. The van der Waals surface area contributed by atoms with Gasteiger partial charge in [-0.3, -0.25) is 24.6 Å². The maximum Gasteiger partial charge on any atom is 0.297 e. The fourth-order valence-corrected chi connectivity index (χ4v) is 4.74. The number of rotatable bonds is 7. The van der Waals surface area contributed by atoms with Crippen molar-refractivity contribution in [3.63, 3.8) is 0 Å². The Morgan fingerprint density at radius 1 is 1.06 bits per heavy atom. The van der Waals surface area contributed by atoms with Crippen molar-refractivity contribution >= 4 is 23.1 Å². The predicted octanol–water partition coefficient (Wildman–Crippen LogP) is 4.54. The zero-order valence-corrected chi connectivity index (χ0v) is 19.3. The molecular weight excluding hydrogens is 440 g/mol. The fraction of sp³-hybridized carbons (Fsp3) is 0.360. The van der Waals surface area contributed by atoms with Crippen molar-refractivity contribution in [2.75, 3.05) is 25.7 Å². The van der Waals surface area contributed by atoms with Gasteiger partial charge in [-0.1, -0.05) is 0 Å². The molecule has 0 saturated carbocycles. The molecule has 1 heterocycles. The summed E-state index contributed by atoms with van der Waals surface area (Å²) in [5.41, 5.74) is 1.58. The van der Waals surface area contributed by atoms with Crippen LogP contribution in [0.25, 0.3) is 0 Å². The van der Waals surface area contributed by atoms with Gasteiger partial charge in [0.15, 0.2) is 5.78 Å². The van der Waals surface area contributed by atoms with Gasteiger partial charge in [0.25, 0.3) is 5.69 Å². The number of ether oxygens (including phenoxy) is 3. The number of nitro groups is 1. The van der Waals surface area contributed by atoms with Gasteiger partial charge < -0.3 is 14.2 Å². The Morgan fingerprint density at radius 2 is 1.82 bits per heavy atom. The number of hydrogen-bond acceptors (Lipinski definition) is 7. The number of methoxy groups -OCH3 is 2. The molecular formula is C25H26N2O7. The third-order valence-corrected chi connectivity index (χ3v) is 6.18.